The van der Waals surface area contributed by atoms with Crippen molar-refractivity contribution in [2.75, 3.05) is 24.5 Å². The number of hydrogen-bond donors (Lipinski definition) is 2. The summed E-state index contributed by atoms with van der Waals surface area (Å²) in [5.41, 5.74) is 2.89. The highest BCUT2D eigenvalue weighted by Crippen LogP contribution is 2.21. The zero-order chi connectivity index (χ0) is 19.3. The van der Waals surface area contributed by atoms with Crippen molar-refractivity contribution in [3.05, 3.63) is 65.7 Å². The minimum Gasteiger partial charge on any atom is -0.343 e. The minimum absolute atomic E-state index is 0.0255. The largest absolute Gasteiger partial charge is 0.343 e. The molecule has 2 heterocycles. The second kappa shape index (κ2) is 8.57. The Bertz CT molecular complexity index is 820. The summed E-state index contributed by atoms with van der Waals surface area (Å²) in [6, 6.07) is 18.2. The molecule has 2 aromatic carbocycles. The van der Waals surface area contributed by atoms with Gasteiger partial charge in [0.1, 0.15) is 6.54 Å². The van der Waals surface area contributed by atoms with Crippen molar-refractivity contribution >= 4 is 17.5 Å². The number of rotatable bonds is 5. The Balaban J connectivity index is 1.31. The number of quaternary nitrogens is 1. The van der Waals surface area contributed by atoms with Gasteiger partial charge in [-0.25, -0.2) is 0 Å². The first kappa shape index (κ1) is 18.7. The Morgan fingerprint density at radius 2 is 1.86 bits per heavy atom. The van der Waals surface area contributed by atoms with Crippen LogP contribution in [-0.2, 0) is 11.3 Å². The number of nitrogens with one attached hydrogen (secondary N) is 2. The van der Waals surface area contributed by atoms with Gasteiger partial charge in [0.2, 0.25) is 5.91 Å². The van der Waals surface area contributed by atoms with E-state index in [1.54, 1.807) is 0 Å². The van der Waals surface area contributed by atoms with E-state index in [0.29, 0.717) is 12.0 Å². The second-order valence-electron chi connectivity index (χ2n) is 7.87. The van der Waals surface area contributed by atoms with Crippen molar-refractivity contribution < 1.29 is 14.5 Å². The Morgan fingerprint density at radius 1 is 1.07 bits per heavy atom. The Kier molecular flexibility index (Phi) is 5.72. The SMILES string of the molecule is O=C(N[C@H]1CC[NH+](Cc2ccccc2)C1)c1ccc(N2CCCCC2=O)cc1. The maximum Gasteiger partial charge on any atom is 0.251 e. The van der Waals surface area contributed by atoms with E-state index in [-0.39, 0.29) is 17.9 Å². The van der Waals surface area contributed by atoms with Gasteiger partial charge in [-0.05, 0) is 37.1 Å². The van der Waals surface area contributed by atoms with E-state index >= 15 is 0 Å². The third-order valence-electron chi connectivity index (χ3n) is 5.78. The number of likely N-dealkylation sites (tertiary alicyclic amines) is 1. The quantitative estimate of drug-likeness (QED) is 0.834. The molecule has 28 heavy (non-hydrogen) atoms. The van der Waals surface area contributed by atoms with Crippen molar-refractivity contribution in [1.29, 1.82) is 0 Å². The molecule has 2 N–H and O–H groups in total. The first-order valence-electron chi connectivity index (χ1n) is 10.3. The van der Waals surface area contributed by atoms with E-state index < -0.39 is 0 Å². The number of anilines is 1. The van der Waals surface area contributed by atoms with Crippen molar-refractivity contribution in [1.82, 2.24) is 5.32 Å². The molecule has 1 unspecified atom stereocenters. The van der Waals surface area contributed by atoms with Crippen LogP contribution in [0.25, 0.3) is 0 Å². The molecule has 2 saturated heterocycles. The average molecular weight is 378 g/mol. The molecule has 2 fully saturated rings. The number of piperidine rings is 1. The standard InChI is InChI=1S/C23H27N3O2/c27-22-8-4-5-14-26(22)21-11-9-19(10-12-21)23(28)24-20-13-15-25(17-20)16-18-6-2-1-3-7-18/h1-3,6-7,9-12,20H,4-5,8,13-17H2,(H,24,28)/p+1/t20-/m0/s1. The van der Waals surface area contributed by atoms with Crippen LogP contribution in [0, 0.1) is 0 Å². The van der Waals surface area contributed by atoms with Crippen LogP contribution in [0.5, 0.6) is 0 Å². The lowest BCUT2D eigenvalue weighted by atomic mass is 10.1. The zero-order valence-corrected chi connectivity index (χ0v) is 16.2. The van der Waals surface area contributed by atoms with E-state index in [9.17, 15) is 9.59 Å². The Labute approximate surface area is 166 Å². The molecule has 5 nitrogen and oxygen atoms in total. The van der Waals surface area contributed by atoms with Crippen molar-refractivity contribution in [3.63, 3.8) is 0 Å². The highest BCUT2D eigenvalue weighted by atomic mass is 16.2. The molecule has 0 saturated carbocycles. The molecule has 2 aliphatic rings. The highest BCUT2D eigenvalue weighted by Gasteiger charge is 2.28. The summed E-state index contributed by atoms with van der Waals surface area (Å²) in [5.74, 6) is 0.151. The number of carbonyl (C=O) groups is 2. The molecule has 2 amide bonds. The number of carbonyl (C=O) groups excluding carboxylic acids is 2. The van der Waals surface area contributed by atoms with E-state index in [4.69, 9.17) is 0 Å². The first-order chi connectivity index (χ1) is 13.7. The van der Waals surface area contributed by atoms with Gasteiger partial charge in [0, 0.05) is 36.2 Å². The molecule has 5 heteroatoms. The summed E-state index contributed by atoms with van der Waals surface area (Å²) in [5, 5.41) is 3.18. The third kappa shape index (κ3) is 4.42. The lowest BCUT2D eigenvalue weighted by Gasteiger charge is -2.26. The number of benzene rings is 2. The molecular weight excluding hydrogens is 350 g/mol. The molecular formula is C23H28N3O2+. The van der Waals surface area contributed by atoms with E-state index in [1.165, 1.54) is 10.5 Å². The fraction of sp³-hybridized carbons (Fsp3) is 0.391. The molecule has 2 atom stereocenters. The maximum absolute atomic E-state index is 12.6. The van der Waals surface area contributed by atoms with Gasteiger partial charge in [-0.3, -0.25) is 9.59 Å². The Hall–Kier alpha value is -2.66. The van der Waals surface area contributed by atoms with Gasteiger partial charge >= 0.3 is 0 Å². The van der Waals surface area contributed by atoms with E-state index in [1.807, 2.05) is 35.2 Å². The molecule has 2 aromatic rings. The predicted octanol–water partition coefficient (Wildman–Crippen LogP) is 1.79. The number of hydrogen-bond acceptors (Lipinski definition) is 2. The van der Waals surface area contributed by atoms with Gasteiger partial charge in [0.05, 0.1) is 19.1 Å². The van der Waals surface area contributed by atoms with Crippen molar-refractivity contribution in [3.8, 4) is 0 Å². The topological polar surface area (TPSA) is 53.9 Å². The fourth-order valence-corrected chi connectivity index (χ4v) is 4.24. The second-order valence-corrected chi connectivity index (χ2v) is 7.87. The highest BCUT2D eigenvalue weighted by molar-refractivity contribution is 5.97. The summed E-state index contributed by atoms with van der Waals surface area (Å²) in [6.07, 6.45) is 3.64. The van der Waals surface area contributed by atoms with Crippen LogP contribution in [0.2, 0.25) is 0 Å². The van der Waals surface area contributed by atoms with E-state index in [0.717, 1.165) is 51.1 Å². The minimum atomic E-state index is -0.0255. The summed E-state index contributed by atoms with van der Waals surface area (Å²) in [4.78, 5) is 28.0. The number of nitrogens with zero attached hydrogens (tertiary/aromatic N) is 1. The van der Waals surface area contributed by atoms with Crippen molar-refractivity contribution in [2.45, 2.75) is 38.3 Å². The molecule has 0 aliphatic carbocycles. The van der Waals surface area contributed by atoms with Crippen LogP contribution in [0.1, 0.15) is 41.6 Å². The summed E-state index contributed by atoms with van der Waals surface area (Å²) >= 11 is 0. The molecule has 0 aromatic heterocycles. The molecule has 0 radical (unpaired) electrons. The lowest BCUT2D eigenvalue weighted by molar-refractivity contribution is -0.901. The van der Waals surface area contributed by atoms with Crippen LogP contribution in [0.3, 0.4) is 0 Å². The van der Waals surface area contributed by atoms with Crippen LogP contribution in [0.4, 0.5) is 5.69 Å². The Morgan fingerprint density at radius 3 is 2.61 bits per heavy atom. The smallest absolute Gasteiger partial charge is 0.251 e. The number of amides is 2. The average Bonchev–Trinajstić information content (AvgIpc) is 3.16. The molecule has 146 valence electrons. The zero-order valence-electron chi connectivity index (χ0n) is 16.2. The van der Waals surface area contributed by atoms with Gasteiger partial charge in [0.15, 0.2) is 0 Å². The predicted molar refractivity (Wildman–Crippen MR) is 109 cm³/mol. The first-order valence-corrected chi connectivity index (χ1v) is 10.3. The maximum atomic E-state index is 12.6. The van der Waals surface area contributed by atoms with Crippen molar-refractivity contribution in [2.24, 2.45) is 0 Å². The van der Waals surface area contributed by atoms with Gasteiger partial charge in [-0.1, -0.05) is 30.3 Å². The summed E-state index contributed by atoms with van der Waals surface area (Å²) in [6.45, 7) is 3.81. The van der Waals surface area contributed by atoms with E-state index in [2.05, 4.69) is 29.6 Å². The third-order valence-corrected chi connectivity index (χ3v) is 5.78. The van der Waals surface area contributed by atoms with Crippen LogP contribution < -0.4 is 15.1 Å². The summed E-state index contributed by atoms with van der Waals surface area (Å²) in [7, 11) is 0. The van der Waals surface area contributed by atoms with Gasteiger partial charge < -0.3 is 15.1 Å². The normalized spacial score (nSPS) is 22.3. The van der Waals surface area contributed by atoms with Crippen LogP contribution >= 0.6 is 0 Å². The monoisotopic (exact) mass is 378 g/mol. The van der Waals surface area contributed by atoms with Gasteiger partial charge in [0.25, 0.3) is 5.91 Å². The molecule has 0 spiro atoms. The van der Waals surface area contributed by atoms with Crippen LogP contribution in [-0.4, -0.2) is 37.5 Å². The van der Waals surface area contributed by atoms with Gasteiger partial charge in [-0.15, -0.1) is 0 Å². The molecule has 0 bridgehead atoms. The van der Waals surface area contributed by atoms with Crippen LogP contribution in [0.15, 0.2) is 54.6 Å². The molecule has 4 rings (SSSR count). The molecule has 2 aliphatic heterocycles. The summed E-state index contributed by atoms with van der Waals surface area (Å²) < 4.78 is 0. The lowest BCUT2D eigenvalue weighted by Crippen LogP contribution is -3.09. The van der Waals surface area contributed by atoms with Gasteiger partial charge in [-0.2, -0.15) is 0 Å². The fourth-order valence-electron chi connectivity index (χ4n) is 4.24.